The number of benzene rings is 2. The Labute approximate surface area is 179 Å². The van der Waals surface area contributed by atoms with Crippen LogP contribution < -0.4 is 5.56 Å². The fourth-order valence-corrected chi connectivity index (χ4v) is 4.88. The predicted octanol–water partition coefficient (Wildman–Crippen LogP) is 4.43. The maximum absolute atomic E-state index is 12.9. The number of nitrogens with zero attached hydrogens (tertiary/aromatic N) is 3. The SMILES string of the molecule is Cc1ccc(CC2CCN(CCn3c(=O)c4ccccc4n(P)c3=S)CC2)cc1. The molecule has 0 radical (unpaired) electrons. The van der Waals surface area contributed by atoms with Gasteiger partial charge in [-0.1, -0.05) is 42.0 Å². The van der Waals surface area contributed by atoms with Crippen LogP contribution >= 0.6 is 21.6 Å². The highest BCUT2D eigenvalue weighted by Crippen LogP contribution is 2.22. The number of hydrogen-bond acceptors (Lipinski definition) is 3. The van der Waals surface area contributed by atoms with E-state index >= 15 is 0 Å². The summed E-state index contributed by atoms with van der Waals surface area (Å²) < 4.78 is 4.16. The van der Waals surface area contributed by atoms with Crippen molar-refractivity contribution >= 4 is 32.5 Å². The largest absolute Gasteiger partial charge is 0.302 e. The molecule has 1 aliphatic rings. The van der Waals surface area contributed by atoms with Crippen LogP contribution in [0.5, 0.6) is 0 Å². The molecule has 4 nitrogen and oxygen atoms in total. The van der Waals surface area contributed by atoms with E-state index in [1.54, 1.807) is 4.57 Å². The van der Waals surface area contributed by atoms with Crippen LogP contribution in [0, 0.1) is 17.6 Å². The number of fused-ring (bicyclic) bond motifs is 1. The van der Waals surface area contributed by atoms with Gasteiger partial charge in [0.1, 0.15) is 0 Å². The van der Waals surface area contributed by atoms with Crippen LogP contribution in [0.15, 0.2) is 53.3 Å². The highest BCUT2D eigenvalue weighted by molar-refractivity contribution is 7.71. The lowest BCUT2D eigenvalue weighted by molar-refractivity contribution is 0.177. The molecule has 0 aliphatic carbocycles. The van der Waals surface area contributed by atoms with E-state index in [4.69, 9.17) is 12.2 Å². The van der Waals surface area contributed by atoms with Crippen molar-refractivity contribution in [3.8, 4) is 0 Å². The average Bonchev–Trinajstić information content (AvgIpc) is 2.75. The van der Waals surface area contributed by atoms with Gasteiger partial charge in [0.2, 0.25) is 0 Å². The van der Waals surface area contributed by atoms with E-state index in [-0.39, 0.29) is 5.56 Å². The Morgan fingerprint density at radius 3 is 2.45 bits per heavy atom. The Morgan fingerprint density at radius 2 is 1.72 bits per heavy atom. The Hall–Kier alpha value is -1.81. The highest BCUT2D eigenvalue weighted by atomic mass is 32.1. The molecule has 1 saturated heterocycles. The molecule has 6 heteroatoms. The first-order valence-corrected chi connectivity index (χ1v) is 11.2. The quantitative estimate of drug-likeness (QED) is 0.447. The Bertz CT molecular complexity index is 1110. The van der Waals surface area contributed by atoms with Crippen molar-refractivity contribution in [2.24, 2.45) is 5.92 Å². The topological polar surface area (TPSA) is 30.2 Å². The second-order valence-electron chi connectivity index (χ2n) is 8.10. The zero-order valence-electron chi connectivity index (χ0n) is 16.9. The van der Waals surface area contributed by atoms with E-state index < -0.39 is 0 Å². The van der Waals surface area contributed by atoms with Crippen molar-refractivity contribution in [1.82, 2.24) is 13.8 Å². The number of likely N-dealkylation sites (tertiary alicyclic amines) is 1. The summed E-state index contributed by atoms with van der Waals surface area (Å²) in [6, 6.07) is 16.6. The number of para-hydroxylation sites is 1. The van der Waals surface area contributed by atoms with Crippen LogP contribution in [0.25, 0.3) is 10.9 Å². The van der Waals surface area contributed by atoms with Crippen LogP contribution in [-0.2, 0) is 13.0 Å². The van der Waals surface area contributed by atoms with Gasteiger partial charge < -0.3 is 9.24 Å². The average molecular weight is 426 g/mol. The number of piperidine rings is 1. The third-order valence-corrected chi connectivity index (χ3v) is 7.20. The minimum Gasteiger partial charge on any atom is -0.302 e. The Kier molecular flexibility index (Phi) is 6.29. The molecular weight excluding hydrogens is 397 g/mol. The van der Waals surface area contributed by atoms with E-state index in [1.807, 2.05) is 28.6 Å². The summed E-state index contributed by atoms with van der Waals surface area (Å²) in [6.45, 7) is 5.82. The third-order valence-electron chi connectivity index (χ3n) is 6.07. The second-order valence-corrected chi connectivity index (χ2v) is 8.98. The number of aryl methyl sites for hydroxylation is 1. The van der Waals surface area contributed by atoms with Crippen molar-refractivity contribution in [2.75, 3.05) is 19.6 Å². The summed E-state index contributed by atoms with van der Waals surface area (Å²) in [5.41, 5.74) is 3.64. The van der Waals surface area contributed by atoms with Gasteiger partial charge in [-0.15, -0.1) is 0 Å². The molecule has 1 unspecified atom stereocenters. The van der Waals surface area contributed by atoms with Gasteiger partial charge in [-0.3, -0.25) is 9.36 Å². The van der Waals surface area contributed by atoms with Gasteiger partial charge in [0, 0.05) is 13.1 Å². The fourth-order valence-electron chi connectivity index (χ4n) is 4.24. The Morgan fingerprint density at radius 1 is 1.03 bits per heavy atom. The van der Waals surface area contributed by atoms with Crippen molar-refractivity contribution in [3.63, 3.8) is 0 Å². The minimum atomic E-state index is 0.0126. The van der Waals surface area contributed by atoms with Crippen LogP contribution in [-0.4, -0.2) is 33.4 Å². The zero-order valence-corrected chi connectivity index (χ0v) is 18.9. The minimum absolute atomic E-state index is 0.0126. The number of aromatic nitrogens is 2. The third kappa shape index (κ3) is 4.53. The molecule has 0 bridgehead atoms. The molecular formula is C23H28N3OPS. The molecule has 2 aromatic carbocycles. The maximum atomic E-state index is 12.9. The monoisotopic (exact) mass is 425 g/mol. The standard InChI is InChI=1S/C23H28N3OPS/c1-17-6-8-18(9-7-17)16-19-10-12-24(13-11-19)14-15-25-22(27)20-4-2-3-5-21(20)26(28)23(25)29/h2-9,19H,10-16,28H2,1H3. The van der Waals surface area contributed by atoms with Crippen molar-refractivity contribution < 1.29 is 0 Å². The van der Waals surface area contributed by atoms with Crippen molar-refractivity contribution in [3.05, 3.63) is 74.8 Å². The normalized spacial score (nSPS) is 15.8. The molecule has 2 heterocycles. The van der Waals surface area contributed by atoms with Gasteiger partial charge in [-0.25, -0.2) is 0 Å². The number of hydrogen-bond donors (Lipinski definition) is 0. The lowest BCUT2D eigenvalue weighted by Gasteiger charge is -2.32. The van der Waals surface area contributed by atoms with E-state index in [2.05, 4.69) is 45.5 Å². The molecule has 152 valence electrons. The molecule has 0 amide bonds. The molecule has 1 aliphatic heterocycles. The molecule has 0 spiro atoms. The van der Waals surface area contributed by atoms with Crippen molar-refractivity contribution in [1.29, 1.82) is 0 Å². The van der Waals surface area contributed by atoms with Gasteiger partial charge in [-0.2, -0.15) is 0 Å². The van der Waals surface area contributed by atoms with E-state index in [0.717, 1.165) is 31.1 Å². The first-order valence-electron chi connectivity index (χ1n) is 10.3. The van der Waals surface area contributed by atoms with Crippen LogP contribution in [0.1, 0.15) is 24.0 Å². The smallest absolute Gasteiger partial charge is 0.262 e. The molecule has 29 heavy (non-hydrogen) atoms. The lowest BCUT2D eigenvalue weighted by Crippen LogP contribution is -2.38. The summed E-state index contributed by atoms with van der Waals surface area (Å²) in [7, 11) is 2.64. The first-order chi connectivity index (χ1) is 14.0. The molecule has 0 saturated carbocycles. The molecule has 1 fully saturated rings. The summed E-state index contributed by atoms with van der Waals surface area (Å²) in [4.78, 5) is 15.4. The van der Waals surface area contributed by atoms with E-state index in [1.165, 1.54) is 30.4 Å². The second kappa shape index (κ2) is 8.91. The van der Waals surface area contributed by atoms with Crippen LogP contribution in [0.2, 0.25) is 0 Å². The van der Waals surface area contributed by atoms with Gasteiger partial charge in [0.05, 0.1) is 10.9 Å². The van der Waals surface area contributed by atoms with Crippen molar-refractivity contribution in [2.45, 2.75) is 32.7 Å². The van der Waals surface area contributed by atoms with Crippen LogP contribution in [0.3, 0.4) is 0 Å². The molecule has 1 aromatic heterocycles. The fraction of sp³-hybridized carbons (Fsp3) is 0.391. The van der Waals surface area contributed by atoms with Gasteiger partial charge >= 0.3 is 0 Å². The van der Waals surface area contributed by atoms with Crippen LogP contribution in [0.4, 0.5) is 0 Å². The molecule has 3 aromatic rings. The molecule has 1 atom stereocenters. The van der Waals surface area contributed by atoms with E-state index in [9.17, 15) is 4.79 Å². The van der Waals surface area contributed by atoms with Gasteiger partial charge in [0.25, 0.3) is 5.56 Å². The maximum Gasteiger partial charge on any atom is 0.262 e. The first kappa shape index (κ1) is 20.5. The zero-order chi connectivity index (χ0) is 20.4. The Balaban J connectivity index is 1.38. The molecule has 0 N–H and O–H groups in total. The van der Waals surface area contributed by atoms with Gasteiger partial charge in [0.15, 0.2) is 4.77 Å². The predicted molar refractivity (Wildman–Crippen MR) is 126 cm³/mol. The van der Waals surface area contributed by atoms with Gasteiger partial charge in [-0.05, 0) is 84.5 Å². The highest BCUT2D eigenvalue weighted by Gasteiger charge is 2.20. The summed E-state index contributed by atoms with van der Waals surface area (Å²) in [6.07, 6.45) is 3.59. The summed E-state index contributed by atoms with van der Waals surface area (Å²) >= 11 is 5.56. The summed E-state index contributed by atoms with van der Waals surface area (Å²) in [5.74, 6) is 0.751. The lowest BCUT2D eigenvalue weighted by atomic mass is 9.90. The molecule has 4 rings (SSSR count). The number of rotatable bonds is 5. The van der Waals surface area contributed by atoms with E-state index in [0.29, 0.717) is 16.7 Å². The summed E-state index contributed by atoms with van der Waals surface area (Å²) in [5, 5.41) is 0.716.